The number of rotatable bonds is 10. The Kier molecular flexibility index (Phi) is 8.20. The number of aromatic nitrogens is 4. The number of thiophene rings is 1. The zero-order valence-corrected chi connectivity index (χ0v) is 26.7. The number of hydrogen-bond acceptors (Lipinski definition) is 5. The van der Waals surface area contributed by atoms with Crippen LogP contribution in [0.25, 0.3) is 43.9 Å². The summed E-state index contributed by atoms with van der Waals surface area (Å²) in [6.07, 6.45) is 0. The van der Waals surface area contributed by atoms with Crippen LogP contribution in [-0.4, -0.2) is 45.3 Å². The van der Waals surface area contributed by atoms with Crippen LogP contribution in [0.15, 0.2) is 121 Å². The lowest BCUT2D eigenvalue weighted by Crippen LogP contribution is -2.04. The number of benzene rings is 2. The van der Waals surface area contributed by atoms with Crippen LogP contribution in [0.2, 0.25) is 0 Å². The molecule has 8 nitrogen and oxygen atoms in total. The second-order valence-corrected chi connectivity index (χ2v) is 12.2. The highest BCUT2D eigenvalue weighted by Crippen LogP contribution is 2.39. The average Bonchev–Trinajstić information content (AvgIpc) is 3.95. The Morgan fingerprint density at radius 3 is 1.34 bits per heavy atom. The molecular formula is C38H32N4O4S. The molecule has 0 saturated carbocycles. The van der Waals surface area contributed by atoms with Crippen LogP contribution in [0.1, 0.15) is 32.1 Å². The second kappa shape index (κ2) is 12.9. The lowest BCUT2D eigenvalue weighted by atomic mass is 10.2. The third-order valence-corrected chi connectivity index (χ3v) is 9.30. The summed E-state index contributed by atoms with van der Waals surface area (Å²) in [6, 6.07) is 40.8. The first kappa shape index (κ1) is 29.9. The van der Waals surface area contributed by atoms with Crippen LogP contribution in [0.5, 0.6) is 0 Å². The summed E-state index contributed by atoms with van der Waals surface area (Å²) in [7, 11) is 2.76. The van der Waals surface area contributed by atoms with E-state index in [4.69, 9.17) is 9.47 Å². The highest BCUT2D eigenvalue weighted by Gasteiger charge is 2.20. The third kappa shape index (κ3) is 5.96. The number of H-pyrrole nitrogens is 2. The Labute approximate surface area is 275 Å². The van der Waals surface area contributed by atoms with Gasteiger partial charge in [0.15, 0.2) is 0 Å². The van der Waals surface area contributed by atoms with Crippen molar-refractivity contribution >= 4 is 23.3 Å². The molecule has 7 rings (SSSR count). The summed E-state index contributed by atoms with van der Waals surface area (Å²) >= 11 is 1.72. The van der Waals surface area contributed by atoms with E-state index in [0.29, 0.717) is 24.5 Å². The van der Waals surface area contributed by atoms with Crippen molar-refractivity contribution in [3.8, 4) is 43.9 Å². The summed E-state index contributed by atoms with van der Waals surface area (Å²) in [4.78, 5) is 33.1. The molecule has 0 bridgehead atoms. The maximum atomic E-state index is 12.2. The third-order valence-electron chi connectivity index (χ3n) is 8.17. The Balaban J connectivity index is 1.30. The summed E-state index contributed by atoms with van der Waals surface area (Å²) in [5, 5.41) is 0. The minimum Gasteiger partial charge on any atom is -0.464 e. The van der Waals surface area contributed by atoms with Crippen molar-refractivity contribution in [2.45, 2.75) is 13.1 Å². The predicted octanol–water partition coefficient (Wildman–Crippen LogP) is 8.35. The second-order valence-electron chi connectivity index (χ2n) is 11.1. The van der Waals surface area contributed by atoms with Gasteiger partial charge >= 0.3 is 11.9 Å². The van der Waals surface area contributed by atoms with Crippen LogP contribution in [0.4, 0.5) is 0 Å². The van der Waals surface area contributed by atoms with E-state index in [0.717, 1.165) is 43.9 Å². The number of ether oxygens (including phenoxy) is 2. The molecule has 234 valence electrons. The molecule has 2 N–H and O–H groups in total. The van der Waals surface area contributed by atoms with Crippen molar-refractivity contribution in [2.24, 2.45) is 0 Å². The van der Waals surface area contributed by atoms with Gasteiger partial charge in [0.05, 0.1) is 58.1 Å². The fourth-order valence-electron chi connectivity index (χ4n) is 5.87. The van der Waals surface area contributed by atoms with E-state index in [1.807, 2.05) is 48.5 Å². The zero-order chi connectivity index (χ0) is 32.3. The summed E-state index contributed by atoms with van der Waals surface area (Å²) in [5.41, 5.74) is 8.91. The Bertz CT molecular complexity index is 2010. The van der Waals surface area contributed by atoms with Crippen LogP contribution < -0.4 is 0 Å². The molecule has 7 aromatic rings. The van der Waals surface area contributed by atoms with E-state index in [9.17, 15) is 9.59 Å². The number of methoxy groups -OCH3 is 2. The van der Waals surface area contributed by atoms with Crippen LogP contribution >= 0.6 is 11.3 Å². The molecule has 47 heavy (non-hydrogen) atoms. The van der Waals surface area contributed by atoms with Gasteiger partial charge in [-0.2, -0.15) is 0 Å². The van der Waals surface area contributed by atoms with Gasteiger partial charge in [-0.25, -0.2) is 9.59 Å². The van der Waals surface area contributed by atoms with E-state index in [1.165, 1.54) is 25.3 Å². The first-order valence-electron chi connectivity index (χ1n) is 15.2. The van der Waals surface area contributed by atoms with E-state index in [2.05, 4.69) is 79.8 Å². The summed E-state index contributed by atoms with van der Waals surface area (Å²) < 4.78 is 14.4. The summed E-state index contributed by atoms with van der Waals surface area (Å²) in [6.45, 7) is 1.31. The molecule has 0 aliphatic heterocycles. The molecule has 0 radical (unpaired) electrons. The van der Waals surface area contributed by atoms with E-state index in [-0.39, 0.29) is 0 Å². The molecule has 9 heteroatoms. The predicted molar refractivity (Wildman–Crippen MR) is 185 cm³/mol. The lowest BCUT2D eigenvalue weighted by molar-refractivity contribution is 0.0586. The minimum absolute atomic E-state index is 0.403. The quantitative estimate of drug-likeness (QED) is 0.147. The molecule has 5 heterocycles. The number of aromatic amines is 2. The highest BCUT2D eigenvalue weighted by molar-refractivity contribution is 7.18. The van der Waals surface area contributed by atoms with Crippen molar-refractivity contribution in [3.05, 3.63) is 144 Å². The monoisotopic (exact) mass is 640 g/mol. The van der Waals surface area contributed by atoms with Gasteiger partial charge in [0.25, 0.3) is 0 Å². The van der Waals surface area contributed by atoms with E-state index in [1.54, 1.807) is 23.5 Å². The zero-order valence-electron chi connectivity index (χ0n) is 25.9. The Morgan fingerprint density at radius 1 is 0.532 bits per heavy atom. The maximum Gasteiger partial charge on any atom is 0.354 e. The smallest absolute Gasteiger partial charge is 0.354 e. The van der Waals surface area contributed by atoms with Crippen LogP contribution in [-0.2, 0) is 22.6 Å². The van der Waals surface area contributed by atoms with Gasteiger partial charge in [-0.05, 0) is 71.8 Å². The molecular weight excluding hydrogens is 609 g/mol. The Morgan fingerprint density at radius 2 is 0.936 bits per heavy atom. The number of esters is 2. The first-order chi connectivity index (χ1) is 23.0. The minimum atomic E-state index is -0.403. The van der Waals surface area contributed by atoms with Crippen molar-refractivity contribution in [2.75, 3.05) is 14.2 Å². The molecule has 0 spiro atoms. The molecule has 2 aromatic carbocycles. The van der Waals surface area contributed by atoms with Gasteiger partial charge in [0.1, 0.15) is 11.4 Å². The molecule has 0 fully saturated rings. The lowest BCUT2D eigenvalue weighted by Gasteiger charge is -2.14. The SMILES string of the molecule is COC(=O)c1ccc(-c2ccc(-c3ccc(-c4ccc(-c5ccc(C(=O)OC)[nH]5)n4Cc4ccccc4)s3)n2Cc2ccccc2)[nH]1. The highest BCUT2D eigenvalue weighted by atomic mass is 32.1. The van der Waals surface area contributed by atoms with Crippen molar-refractivity contribution in [1.29, 1.82) is 0 Å². The standard InChI is InChI=1S/C38H32N4O4S/c1-45-37(43)29-15-13-27(39-29)31-17-19-33(41(31)23-25-9-5-3-6-10-25)35-21-22-36(47-35)34-20-18-32(28-14-16-30(40-28)38(44)46-2)42(34)24-26-11-7-4-8-12-26/h3-22,39-40H,23-24H2,1-2H3. The fraction of sp³-hybridized carbons (Fsp3) is 0.105. The largest absolute Gasteiger partial charge is 0.464 e. The van der Waals surface area contributed by atoms with E-state index < -0.39 is 11.9 Å². The molecule has 0 saturated heterocycles. The molecule has 5 aromatic heterocycles. The number of hydrogen-bond donors (Lipinski definition) is 2. The maximum absolute atomic E-state index is 12.2. The number of carbonyl (C=O) groups excluding carboxylic acids is 2. The Hall–Kier alpha value is -5.80. The topological polar surface area (TPSA) is 94.0 Å². The van der Waals surface area contributed by atoms with Crippen LogP contribution in [0, 0.1) is 0 Å². The van der Waals surface area contributed by atoms with Gasteiger partial charge in [-0.15, -0.1) is 11.3 Å². The van der Waals surface area contributed by atoms with Gasteiger partial charge < -0.3 is 28.6 Å². The summed E-state index contributed by atoms with van der Waals surface area (Å²) in [5.74, 6) is -0.807. The molecule has 0 amide bonds. The molecule has 0 aliphatic rings. The molecule has 0 atom stereocenters. The molecule has 0 unspecified atom stereocenters. The number of nitrogens with zero attached hydrogens (tertiary/aromatic N) is 2. The first-order valence-corrected chi connectivity index (χ1v) is 16.0. The van der Waals surface area contributed by atoms with Gasteiger partial charge in [-0.1, -0.05) is 60.7 Å². The van der Waals surface area contributed by atoms with Crippen molar-refractivity contribution in [1.82, 2.24) is 19.1 Å². The van der Waals surface area contributed by atoms with Crippen molar-refractivity contribution in [3.63, 3.8) is 0 Å². The molecule has 0 aliphatic carbocycles. The van der Waals surface area contributed by atoms with E-state index >= 15 is 0 Å². The average molecular weight is 641 g/mol. The van der Waals surface area contributed by atoms with Crippen LogP contribution in [0.3, 0.4) is 0 Å². The van der Waals surface area contributed by atoms with Gasteiger partial charge in [0.2, 0.25) is 0 Å². The number of carbonyl (C=O) groups is 2. The van der Waals surface area contributed by atoms with Crippen molar-refractivity contribution < 1.29 is 19.1 Å². The fourth-order valence-corrected chi connectivity index (χ4v) is 6.94. The number of nitrogens with one attached hydrogen (secondary N) is 2. The van der Waals surface area contributed by atoms with Gasteiger partial charge in [0, 0.05) is 13.1 Å². The van der Waals surface area contributed by atoms with Gasteiger partial charge in [-0.3, -0.25) is 0 Å². The normalized spacial score (nSPS) is 11.1.